The summed E-state index contributed by atoms with van der Waals surface area (Å²) in [5, 5.41) is 22.3. The minimum atomic E-state index is -3.69. The van der Waals surface area contributed by atoms with Crippen molar-refractivity contribution >= 4 is 54.4 Å². The largest absolute Gasteiger partial charge is 0.396 e. The number of hydrogen-bond acceptors (Lipinski definition) is 10. The van der Waals surface area contributed by atoms with E-state index in [4.69, 9.17) is 15.2 Å². The predicted octanol–water partition coefficient (Wildman–Crippen LogP) is 3.87. The molecule has 2 aromatic heterocycles. The van der Waals surface area contributed by atoms with E-state index in [9.17, 15) is 8.42 Å². The maximum Gasteiger partial charge on any atom is 0.238 e. The van der Waals surface area contributed by atoms with Crippen LogP contribution in [-0.4, -0.2) is 48.2 Å². The van der Waals surface area contributed by atoms with E-state index in [0.29, 0.717) is 30.3 Å². The Labute approximate surface area is 218 Å². The molecule has 0 amide bonds. The lowest BCUT2D eigenvalue weighted by Gasteiger charge is -2.07. The van der Waals surface area contributed by atoms with Crippen LogP contribution in [0.3, 0.4) is 0 Å². The maximum atomic E-state index is 11.4. The molecule has 0 saturated heterocycles. The van der Waals surface area contributed by atoms with Crippen molar-refractivity contribution in [2.24, 2.45) is 5.14 Å². The van der Waals surface area contributed by atoms with E-state index >= 15 is 0 Å². The maximum absolute atomic E-state index is 11.4. The summed E-state index contributed by atoms with van der Waals surface area (Å²) in [7, 11) is -3.69. The van der Waals surface area contributed by atoms with Gasteiger partial charge in [-0.05, 0) is 42.5 Å². The number of unbranched alkanes of at least 4 members (excludes halogenated alkanes) is 1. The molecule has 12 heteroatoms. The lowest BCUT2D eigenvalue weighted by atomic mass is 10.1. The van der Waals surface area contributed by atoms with Crippen molar-refractivity contribution in [3.63, 3.8) is 0 Å². The van der Waals surface area contributed by atoms with Crippen LogP contribution in [-0.2, 0) is 22.2 Å². The van der Waals surface area contributed by atoms with E-state index in [1.54, 1.807) is 23.9 Å². The molecule has 0 saturated carbocycles. The zero-order chi connectivity index (χ0) is 25.4. The van der Waals surface area contributed by atoms with Crippen molar-refractivity contribution in [2.75, 3.05) is 30.3 Å². The number of aromatic nitrogens is 3. The van der Waals surface area contributed by atoms with E-state index in [0.717, 1.165) is 39.8 Å². The van der Waals surface area contributed by atoms with Crippen molar-refractivity contribution in [1.82, 2.24) is 15.0 Å². The lowest BCUT2D eigenvalue weighted by Crippen LogP contribution is -2.12. The standard InChI is InChI=1S/C24H28N6O3S3/c25-36(32,33)19-10-8-17(9-11-19)12-14-27-23-29-22-20(35-23)21(26-13-4-5-15-31)28-24(30-22)34-16-18-6-2-1-3-7-18/h1-3,6-11,31H,4-5,12-16H2,(H2,25,32,33)(H2,26,27,28,29,30). The molecule has 36 heavy (non-hydrogen) atoms. The number of sulfonamides is 1. The predicted molar refractivity (Wildman–Crippen MR) is 146 cm³/mol. The van der Waals surface area contributed by atoms with Crippen molar-refractivity contribution in [1.29, 1.82) is 0 Å². The van der Waals surface area contributed by atoms with Crippen LogP contribution in [0.5, 0.6) is 0 Å². The van der Waals surface area contributed by atoms with Crippen molar-refractivity contribution in [3.8, 4) is 0 Å². The molecule has 4 aromatic rings. The van der Waals surface area contributed by atoms with Gasteiger partial charge in [0.1, 0.15) is 4.70 Å². The smallest absolute Gasteiger partial charge is 0.238 e. The zero-order valence-corrected chi connectivity index (χ0v) is 22.0. The first kappa shape index (κ1) is 26.3. The number of primary sulfonamides is 1. The first-order chi connectivity index (χ1) is 17.4. The molecule has 0 aliphatic carbocycles. The fourth-order valence-electron chi connectivity index (χ4n) is 3.39. The van der Waals surface area contributed by atoms with E-state index in [1.807, 2.05) is 18.2 Å². The van der Waals surface area contributed by atoms with Gasteiger partial charge in [-0.25, -0.2) is 23.5 Å². The number of nitrogens with one attached hydrogen (secondary N) is 2. The Bertz CT molecular complexity index is 1380. The summed E-state index contributed by atoms with van der Waals surface area (Å²) >= 11 is 3.05. The van der Waals surface area contributed by atoms with Gasteiger partial charge in [0.25, 0.3) is 0 Å². The number of aliphatic hydroxyl groups is 1. The van der Waals surface area contributed by atoms with Gasteiger partial charge in [-0.3, -0.25) is 0 Å². The third kappa shape index (κ3) is 7.37. The third-order valence-corrected chi connectivity index (χ3v) is 8.12. The molecule has 5 N–H and O–H groups in total. The molecule has 0 radical (unpaired) electrons. The molecule has 190 valence electrons. The summed E-state index contributed by atoms with van der Waals surface area (Å²) in [6.45, 7) is 1.49. The summed E-state index contributed by atoms with van der Waals surface area (Å²) < 4.78 is 23.7. The Morgan fingerprint density at radius 1 is 0.917 bits per heavy atom. The molecule has 0 fully saturated rings. The van der Waals surface area contributed by atoms with Gasteiger partial charge in [0.05, 0.1) is 4.90 Å². The first-order valence-corrected chi connectivity index (χ1v) is 14.8. The Kier molecular flexibility index (Phi) is 9.10. The van der Waals surface area contributed by atoms with Crippen molar-refractivity contribution in [2.45, 2.75) is 35.1 Å². The Morgan fingerprint density at radius 2 is 1.69 bits per heavy atom. The van der Waals surface area contributed by atoms with E-state index in [2.05, 4.69) is 32.7 Å². The summed E-state index contributed by atoms with van der Waals surface area (Å²) in [4.78, 5) is 14.2. The summed E-state index contributed by atoms with van der Waals surface area (Å²) in [6, 6.07) is 16.7. The highest BCUT2D eigenvalue weighted by molar-refractivity contribution is 7.98. The number of anilines is 2. The average molecular weight is 545 g/mol. The van der Waals surface area contributed by atoms with Gasteiger partial charge < -0.3 is 15.7 Å². The van der Waals surface area contributed by atoms with Crippen LogP contribution < -0.4 is 15.8 Å². The molecule has 0 aliphatic heterocycles. The van der Waals surface area contributed by atoms with Gasteiger partial charge in [-0.15, -0.1) is 0 Å². The molecule has 4 rings (SSSR count). The first-order valence-electron chi connectivity index (χ1n) is 11.5. The van der Waals surface area contributed by atoms with Crippen LogP contribution in [0, 0.1) is 0 Å². The number of aliphatic hydroxyl groups excluding tert-OH is 1. The lowest BCUT2D eigenvalue weighted by molar-refractivity contribution is 0.286. The highest BCUT2D eigenvalue weighted by atomic mass is 32.2. The highest BCUT2D eigenvalue weighted by Gasteiger charge is 2.14. The molecule has 2 aromatic carbocycles. The monoisotopic (exact) mass is 544 g/mol. The van der Waals surface area contributed by atoms with Gasteiger partial charge in [0, 0.05) is 25.4 Å². The number of thiazole rings is 1. The average Bonchev–Trinajstić information content (AvgIpc) is 3.29. The Hall–Kier alpha value is -2.77. The number of benzene rings is 2. The highest BCUT2D eigenvalue weighted by Crippen LogP contribution is 2.32. The minimum absolute atomic E-state index is 0.101. The molecular weight excluding hydrogens is 517 g/mol. The number of fused-ring (bicyclic) bond motifs is 1. The van der Waals surface area contributed by atoms with Crippen LogP contribution >= 0.6 is 23.1 Å². The number of nitrogens with two attached hydrogens (primary N) is 1. The molecule has 0 bridgehead atoms. The molecule has 0 spiro atoms. The molecule has 0 atom stereocenters. The zero-order valence-electron chi connectivity index (χ0n) is 19.6. The summed E-state index contributed by atoms with van der Waals surface area (Å²) in [5.41, 5.74) is 2.82. The molecule has 2 heterocycles. The van der Waals surface area contributed by atoms with Crippen LogP contribution in [0.2, 0.25) is 0 Å². The van der Waals surface area contributed by atoms with Gasteiger partial charge in [0.2, 0.25) is 10.0 Å². The van der Waals surface area contributed by atoms with Gasteiger partial charge in [-0.2, -0.15) is 4.98 Å². The van der Waals surface area contributed by atoms with Crippen LogP contribution in [0.1, 0.15) is 24.0 Å². The number of thioether (sulfide) groups is 1. The second-order valence-electron chi connectivity index (χ2n) is 8.02. The second kappa shape index (κ2) is 12.5. The van der Waals surface area contributed by atoms with Gasteiger partial charge >= 0.3 is 0 Å². The summed E-state index contributed by atoms with van der Waals surface area (Å²) in [6.07, 6.45) is 2.25. The topological polar surface area (TPSA) is 143 Å². The fraction of sp³-hybridized carbons (Fsp3) is 0.292. The van der Waals surface area contributed by atoms with Crippen LogP contribution in [0.4, 0.5) is 10.9 Å². The van der Waals surface area contributed by atoms with Crippen molar-refractivity contribution < 1.29 is 13.5 Å². The van der Waals surface area contributed by atoms with E-state index in [-0.39, 0.29) is 11.5 Å². The number of hydrogen-bond donors (Lipinski definition) is 4. The Balaban J connectivity index is 1.45. The Morgan fingerprint density at radius 3 is 2.42 bits per heavy atom. The number of nitrogens with zero attached hydrogens (tertiary/aromatic N) is 3. The minimum Gasteiger partial charge on any atom is -0.396 e. The van der Waals surface area contributed by atoms with Gasteiger partial charge in [0.15, 0.2) is 21.8 Å². The second-order valence-corrected chi connectivity index (χ2v) is 11.5. The van der Waals surface area contributed by atoms with Crippen molar-refractivity contribution in [3.05, 3.63) is 65.7 Å². The van der Waals surface area contributed by atoms with E-state index < -0.39 is 10.0 Å². The quantitative estimate of drug-likeness (QED) is 0.112. The fourth-order valence-corrected chi connectivity index (χ4v) is 5.60. The summed E-state index contributed by atoms with van der Waals surface area (Å²) in [5.74, 6) is 1.51. The molecule has 0 unspecified atom stereocenters. The third-order valence-electron chi connectivity index (χ3n) is 5.26. The van der Waals surface area contributed by atoms with Crippen LogP contribution in [0.15, 0.2) is 64.6 Å². The SMILES string of the molecule is NS(=O)(=O)c1ccc(CCNc2nc3nc(SCc4ccccc4)nc(NCCCCO)c3s2)cc1. The molecule has 0 aliphatic rings. The van der Waals surface area contributed by atoms with Crippen LogP contribution in [0.25, 0.3) is 10.3 Å². The van der Waals surface area contributed by atoms with Gasteiger partial charge in [-0.1, -0.05) is 65.6 Å². The number of rotatable bonds is 13. The van der Waals surface area contributed by atoms with E-state index in [1.165, 1.54) is 29.0 Å². The molecular formula is C24H28N6O3S3. The normalized spacial score (nSPS) is 11.6. The molecule has 9 nitrogen and oxygen atoms in total.